The maximum atomic E-state index is 6.15. The van der Waals surface area contributed by atoms with Crippen molar-refractivity contribution in [1.29, 1.82) is 0 Å². The van der Waals surface area contributed by atoms with Crippen LogP contribution in [-0.4, -0.2) is 67.2 Å². The van der Waals surface area contributed by atoms with Crippen LogP contribution in [0.3, 0.4) is 0 Å². The molecule has 5 nitrogen and oxygen atoms in total. The standard InChI is InChI=1S/C16H30N4O.HI/c17-16(19-9-11-21-12-10-19)18-13-15-7-4-8-20(15)14-5-2-1-3-6-14;/h14-15H,1-13H2,(H2,17,18);1H. The van der Waals surface area contributed by atoms with Crippen molar-refractivity contribution in [2.45, 2.75) is 57.0 Å². The van der Waals surface area contributed by atoms with E-state index in [2.05, 4.69) is 9.80 Å². The van der Waals surface area contributed by atoms with Crippen LogP contribution in [0.15, 0.2) is 4.99 Å². The summed E-state index contributed by atoms with van der Waals surface area (Å²) in [7, 11) is 0. The van der Waals surface area contributed by atoms with Gasteiger partial charge in [-0.15, -0.1) is 24.0 Å². The lowest BCUT2D eigenvalue weighted by molar-refractivity contribution is 0.0673. The van der Waals surface area contributed by atoms with Crippen LogP contribution in [0.1, 0.15) is 44.9 Å². The molecule has 1 saturated carbocycles. The Morgan fingerprint density at radius 3 is 2.45 bits per heavy atom. The van der Waals surface area contributed by atoms with Crippen molar-refractivity contribution in [3.8, 4) is 0 Å². The fraction of sp³-hybridized carbons (Fsp3) is 0.938. The second kappa shape index (κ2) is 9.27. The van der Waals surface area contributed by atoms with E-state index in [4.69, 9.17) is 15.5 Å². The Labute approximate surface area is 151 Å². The number of aliphatic imine (C=N–C) groups is 1. The molecule has 2 heterocycles. The Morgan fingerprint density at radius 2 is 1.73 bits per heavy atom. The molecule has 3 aliphatic rings. The van der Waals surface area contributed by atoms with Crippen LogP contribution in [0.25, 0.3) is 0 Å². The van der Waals surface area contributed by atoms with Crippen molar-refractivity contribution in [3.05, 3.63) is 0 Å². The van der Waals surface area contributed by atoms with E-state index in [1.165, 1.54) is 51.5 Å². The maximum Gasteiger partial charge on any atom is 0.191 e. The van der Waals surface area contributed by atoms with E-state index in [9.17, 15) is 0 Å². The predicted octanol–water partition coefficient (Wildman–Crippen LogP) is 2.05. The van der Waals surface area contributed by atoms with Gasteiger partial charge in [0.05, 0.1) is 19.8 Å². The van der Waals surface area contributed by atoms with Crippen LogP contribution < -0.4 is 5.73 Å². The van der Waals surface area contributed by atoms with Crippen LogP contribution in [0.2, 0.25) is 0 Å². The van der Waals surface area contributed by atoms with Gasteiger partial charge in [-0.3, -0.25) is 9.89 Å². The molecule has 3 rings (SSSR count). The summed E-state index contributed by atoms with van der Waals surface area (Å²) in [5.41, 5.74) is 6.15. The molecule has 22 heavy (non-hydrogen) atoms. The lowest BCUT2D eigenvalue weighted by Crippen LogP contribution is -2.46. The van der Waals surface area contributed by atoms with Crippen LogP contribution in [0.4, 0.5) is 0 Å². The Bertz CT molecular complexity index is 354. The van der Waals surface area contributed by atoms with Crippen molar-refractivity contribution < 1.29 is 4.74 Å². The van der Waals surface area contributed by atoms with Gasteiger partial charge < -0.3 is 15.4 Å². The maximum absolute atomic E-state index is 6.15. The van der Waals surface area contributed by atoms with Gasteiger partial charge in [-0.05, 0) is 32.2 Å². The van der Waals surface area contributed by atoms with E-state index in [0.717, 1.165) is 38.9 Å². The zero-order chi connectivity index (χ0) is 14.5. The van der Waals surface area contributed by atoms with Gasteiger partial charge in [0.2, 0.25) is 0 Å². The third-order valence-corrected chi connectivity index (χ3v) is 5.27. The molecule has 0 amide bonds. The molecule has 0 aromatic carbocycles. The minimum atomic E-state index is 0. The number of hydrogen-bond donors (Lipinski definition) is 1. The molecular formula is C16H31IN4O. The van der Waals surface area contributed by atoms with Gasteiger partial charge in [-0.25, -0.2) is 0 Å². The van der Waals surface area contributed by atoms with Crippen molar-refractivity contribution >= 4 is 29.9 Å². The first-order valence-corrected chi connectivity index (χ1v) is 8.73. The SMILES string of the molecule is I.NC(=NCC1CCCN1C1CCCCC1)N1CCOCC1. The highest BCUT2D eigenvalue weighted by atomic mass is 127. The third-order valence-electron chi connectivity index (χ3n) is 5.27. The van der Waals surface area contributed by atoms with E-state index in [-0.39, 0.29) is 24.0 Å². The molecule has 0 radical (unpaired) electrons. The first-order chi connectivity index (χ1) is 10.3. The Morgan fingerprint density at radius 1 is 1.00 bits per heavy atom. The van der Waals surface area contributed by atoms with Crippen molar-refractivity contribution in [2.24, 2.45) is 10.7 Å². The first kappa shape index (κ1) is 18.3. The van der Waals surface area contributed by atoms with Crippen molar-refractivity contribution in [2.75, 3.05) is 39.4 Å². The molecule has 2 N–H and O–H groups in total. The molecule has 0 aromatic rings. The number of nitrogens with two attached hydrogens (primary N) is 1. The summed E-state index contributed by atoms with van der Waals surface area (Å²) < 4.78 is 5.36. The molecule has 2 aliphatic heterocycles. The fourth-order valence-electron chi connectivity index (χ4n) is 4.04. The molecule has 128 valence electrons. The number of hydrogen-bond acceptors (Lipinski definition) is 3. The summed E-state index contributed by atoms with van der Waals surface area (Å²) in [6, 6.07) is 1.43. The number of likely N-dealkylation sites (tertiary alicyclic amines) is 1. The van der Waals surface area contributed by atoms with Gasteiger partial charge in [0, 0.05) is 25.2 Å². The topological polar surface area (TPSA) is 54.1 Å². The minimum Gasteiger partial charge on any atom is -0.378 e. The summed E-state index contributed by atoms with van der Waals surface area (Å²) in [6.07, 6.45) is 9.64. The lowest BCUT2D eigenvalue weighted by Gasteiger charge is -2.35. The Hall–Kier alpha value is -0.0800. The number of nitrogens with zero attached hydrogens (tertiary/aromatic N) is 3. The minimum absolute atomic E-state index is 0. The van der Waals surface area contributed by atoms with Crippen LogP contribution in [-0.2, 0) is 4.74 Å². The zero-order valence-corrected chi connectivity index (χ0v) is 15.9. The number of guanidine groups is 1. The monoisotopic (exact) mass is 422 g/mol. The second-order valence-electron chi connectivity index (χ2n) is 6.62. The molecule has 1 unspecified atom stereocenters. The number of halogens is 1. The molecule has 1 aliphatic carbocycles. The molecule has 2 saturated heterocycles. The molecule has 3 fully saturated rings. The van der Waals surface area contributed by atoms with E-state index < -0.39 is 0 Å². The molecule has 0 spiro atoms. The van der Waals surface area contributed by atoms with Gasteiger partial charge in [-0.2, -0.15) is 0 Å². The van der Waals surface area contributed by atoms with Gasteiger partial charge in [0.25, 0.3) is 0 Å². The van der Waals surface area contributed by atoms with Gasteiger partial charge >= 0.3 is 0 Å². The summed E-state index contributed by atoms with van der Waals surface area (Å²) in [6.45, 7) is 5.45. The van der Waals surface area contributed by atoms with E-state index in [0.29, 0.717) is 12.0 Å². The quantitative estimate of drug-likeness (QED) is 0.430. The lowest BCUT2D eigenvalue weighted by atomic mass is 9.94. The predicted molar refractivity (Wildman–Crippen MR) is 101 cm³/mol. The highest BCUT2D eigenvalue weighted by Crippen LogP contribution is 2.29. The Balaban J connectivity index is 0.00000176. The van der Waals surface area contributed by atoms with E-state index in [1.807, 2.05) is 0 Å². The second-order valence-corrected chi connectivity index (χ2v) is 6.62. The molecule has 6 heteroatoms. The van der Waals surface area contributed by atoms with E-state index >= 15 is 0 Å². The van der Waals surface area contributed by atoms with Gasteiger partial charge in [0.1, 0.15) is 0 Å². The zero-order valence-electron chi connectivity index (χ0n) is 13.6. The van der Waals surface area contributed by atoms with Crippen LogP contribution in [0, 0.1) is 0 Å². The van der Waals surface area contributed by atoms with Crippen LogP contribution in [0.5, 0.6) is 0 Å². The highest BCUT2D eigenvalue weighted by molar-refractivity contribution is 14.0. The average Bonchev–Trinajstić information content (AvgIpc) is 3.03. The smallest absolute Gasteiger partial charge is 0.191 e. The summed E-state index contributed by atoms with van der Waals surface area (Å²) in [5, 5.41) is 0. The van der Waals surface area contributed by atoms with Crippen molar-refractivity contribution in [1.82, 2.24) is 9.80 Å². The van der Waals surface area contributed by atoms with E-state index in [1.54, 1.807) is 0 Å². The molecular weight excluding hydrogens is 391 g/mol. The number of rotatable bonds is 3. The van der Waals surface area contributed by atoms with Gasteiger partial charge in [0.15, 0.2) is 5.96 Å². The normalized spacial score (nSPS) is 28.6. The molecule has 0 bridgehead atoms. The first-order valence-electron chi connectivity index (χ1n) is 8.73. The fourth-order valence-corrected chi connectivity index (χ4v) is 4.04. The average molecular weight is 422 g/mol. The highest BCUT2D eigenvalue weighted by Gasteiger charge is 2.31. The number of ether oxygens (including phenoxy) is 1. The summed E-state index contributed by atoms with van der Waals surface area (Å²) in [5.74, 6) is 0.716. The Kier molecular flexibility index (Phi) is 7.70. The van der Waals surface area contributed by atoms with Crippen LogP contribution >= 0.6 is 24.0 Å². The van der Waals surface area contributed by atoms with Crippen molar-refractivity contribution in [3.63, 3.8) is 0 Å². The third kappa shape index (κ3) is 4.71. The molecule has 1 atom stereocenters. The summed E-state index contributed by atoms with van der Waals surface area (Å²) in [4.78, 5) is 9.59. The molecule has 0 aromatic heterocycles. The number of morpholine rings is 1. The largest absolute Gasteiger partial charge is 0.378 e. The summed E-state index contributed by atoms with van der Waals surface area (Å²) >= 11 is 0. The van der Waals surface area contributed by atoms with Gasteiger partial charge in [-0.1, -0.05) is 19.3 Å².